The van der Waals surface area contributed by atoms with Crippen molar-refractivity contribution in [2.24, 2.45) is 0 Å². The van der Waals surface area contributed by atoms with E-state index in [2.05, 4.69) is 35.9 Å². The number of ether oxygens (including phenoxy) is 1. The Kier molecular flexibility index (Phi) is 7.53. The molecule has 1 N–H and O–H groups in total. The third-order valence-electron chi connectivity index (χ3n) is 6.17. The Labute approximate surface area is 205 Å². The van der Waals surface area contributed by atoms with Crippen molar-refractivity contribution in [1.29, 1.82) is 0 Å². The fraction of sp³-hybridized carbons (Fsp3) is 0.286. The zero-order valence-electron chi connectivity index (χ0n) is 19.8. The van der Waals surface area contributed by atoms with Crippen LogP contribution < -0.4 is 10.1 Å². The first-order valence-corrected chi connectivity index (χ1v) is 12.1. The van der Waals surface area contributed by atoms with Crippen molar-refractivity contribution >= 4 is 28.5 Å². The summed E-state index contributed by atoms with van der Waals surface area (Å²) in [6.45, 7) is 7.48. The van der Waals surface area contributed by atoms with E-state index in [4.69, 9.17) is 21.3 Å². The van der Waals surface area contributed by atoms with Gasteiger partial charge in [-0.2, -0.15) is 0 Å². The molecule has 0 spiro atoms. The molecule has 0 saturated carbocycles. The molecule has 0 aliphatic rings. The van der Waals surface area contributed by atoms with Gasteiger partial charge in [0.1, 0.15) is 18.2 Å². The molecule has 2 atom stereocenters. The lowest BCUT2D eigenvalue weighted by molar-refractivity contribution is 0.0937. The number of benzene rings is 3. The molecule has 2 unspecified atom stereocenters. The molecule has 1 amide bonds. The highest BCUT2D eigenvalue weighted by Crippen LogP contribution is 2.23. The van der Waals surface area contributed by atoms with Gasteiger partial charge < -0.3 is 14.6 Å². The summed E-state index contributed by atoms with van der Waals surface area (Å²) in [5, 5.41) is 3.66. The Morgan fingerprint density at radius 2 is 1.74 bits per heavy atom. The van der Waals surface area contributed by atoms with Crippen LogP contribution in [0.4, 0.5) is 0 Å². The molecule has 0 radical (unpaired) electrons. The van der Waals surface area contributed by atoms with Gasteiger partial charge in [-0.3, -0.25) is 4.79 Å². The lowest BCUT2D eigenvalue weighted by Gasteiger charge is -2.17. The lowest BCUT2D eigenvalue weighted by Crippen LogP contribution is -2.29. The number of amides is 1. The van der Waals surface area contributed by atoms with E-state index in [0.29, 0.717) is 29.7 Å². The molecular formula is C28H30ClN3O2. The second-order valence-corrected chi connectivity index (χ2v) is 8.98. The minimum absolute atomic E-state index is 0.166. The summed E-state index contributed by atoms with van der Waals surface area (Å²) >= 11 is 5.95. The van der Waals surface area contributed by atoms with Gasteiger partial charge in [0.05, 0.1) is 23.6 Å². The molecule has 0 saturated heterocycles. The van der Waals surface area contributed by atoms with Crippen molar-refractivity contribution < 1.29 is 9.53 Å². The number of nitrogens with zero attached hydrogens (tertiary/aromatic N) is 2. The number of hydrogen-bond donors (Lipinski definition) is 1. The number of carbonyl (C=O) groups is 1. The van der Waals surface area contributed by atoms with Crippen LogP contribution in [-0.2, 0) is 6.54 Å². The molecule has 5 nitrogen and oxygen atoms in total. The molecule has 4 aromatic rings. The van der Waals surface area contributed by atoms with E-state index in [1.807, 2.05) is 43.3 Å². The summed E-state index contributed by atoms with van der Waals surface area (Å²) in [5.41, 5.74) is 3.79. The van der Waals surface area contributed by atoms with Gasteiger partial charge in [-0.25, -0.2) is 4.98 Å². The van der Waals surface area contributed by atoms with Crippen molar-refractivity contribution in [3.8, 4) is 5.75 Å². The third-order valence-corrected chi connectivity index (χ3v) is 6.42. The molecule has 1 aromatic heterocycles. The first kappa shape index (κ1) is 23.8. The van der Waals surface area contributed by atoms with Gasteiger partial charge in [0, 0.05) is 10.6 Å². The summed E-state index contributed by atoms with van der Waals surface area (Å²) < 4.78 is 8.17. The molecule has 4 rings (SSSR count). The molecule has 176 valence electrons. The van der Waals surface area contributed by atoms with Crippen LogP contribution >= 0.6 is 11.6 Å². The Morgan fingerprint density at radius 3 is 2.44 bits per heavy atom. The molecule has 6 heteroatoms. The van der Waals surface area contributed by atoms with Crippen molar-refractivity contribution in [3.05, 3.63) is 94.8 Å². The van der Waals surface area contributed by atoms with Crippen molar-refractivity contribution in [3.63, 3.8) is 0 Å². The zero-order valence-corrected chi connectivity index (χ0v) is 20.5. The summed E-state index contributed by atoms with van der Waals surface area (Å²) in [6, 6.07) is 22.9. The number of hydrogen-bond acceptors (Lipinski definition) is 3. The van der Waals surface area contributed by atoms with E-state index in [1.165, 1.54) is 5.56 Å². The van der Waals surface area contributed by atoms with Crippen LogP contribution in [0.3, 0.4) is 0 Å². The number of carbonyl (C=O) groups excluding carboxylic acids is 1. The maximum absolute atomic E-state index is 12.7. The average molecular weight is 476 g/mol. The number of para-hydroxylation sites is 2. The minimum Gasteiger partial charge on any atom is -0.492 e. The van der Waals surface area contributed by atoms with Gasteiger partial charge in [0.2, 0.25) is 0 Å². The number of fused-ring (bicyclic) bond motifs is 1. The van der Waals surface area contributed by atoms with E-state index in [1.54, 1.807) is 24.3 Å². The van der Waals surface area contributed by atoms with E-state index < -0.39 is 0 Å². The molecule has 0 fully saturated rings. The first-order chi connectivity index (χ1) is 16.5. The monoisotopic (exact) mass is 475 g/mol. The van der Waals surface area contributed by atoms with Crippen molar-refractivity contribution in [2.45, 2.75) is 45.7 Å². The van der Waals surface area contributed by atoms with Crippen LogP contribution in [0, 0.1) is 0 Å². The highest BCUT2D eigenvalue weighted by Gasteiger charge is 2.19. The number of imidazole rings is 1. The van der Waals surface area contributed by atoms with Gasteiger partial charge in [0.25, 0.3) is 5.91 Å². The topological polar surface area (TPSA) is 56.1 Å². The summed E-state index contributed by atoms with van der Waals surface area (Å²) in [5.74, 6) is 2.01. The highest BCUT2D eigenvalue weighted by atomic mass is 35.5. The second-order valence-electron chi connectivity index (χ2n) is 8.54. The van der Waals surface area contributed by atoms with E-state index in [-0.39, 0.29) is 11.9 Å². The predicted octanol–water partition coefficient (Wildman–Crippen LogP) is 6.77. The van der Waals surface area contributed by atoms with E-state index in [0.717, 1.165) is 29.0 Å². The smallest absolute Gasteiger partial charge is 0.251 e. The van der Waals surface area contributed by atoms with Crippen LogP contribution in [-0.4, -0.2) is 22.1 Å². The Hall–Kier alpha value is -3.31. The van der Waals surface area contributed by atoms with Crippen molar-refractivity contribution in [1.82, 2.24) is 14.9 Å². The van der Waals surface area contributed by atoms with Gasteiger partial charge in [-0.1, -0.05) is 49.7 Å². The summed E-state index contributed by atoms with van der Waals surface area (Å²) in [6.07, 6.45) is 1.11. The highest BCUT2D eigenvalue weighted by molar-refractivity contribution is 6.30. The molecule has 3 aromatic carbocycles. The fourth-order valence-corrected chi connectivity index (χ4v) is 4.11. The summed E-state index contributed by atoms with van der Waals surface area (Å²) in [7, 11) is 0. The first-order valence-electron chi connectivity index (χ1n) is 11.7. The van der Waals surface area contributed by atoms with Gasteiger partial charge in [0.15, 0.2) is 0 Å². The Bertz CT molecular complexity index is 1250. The van der Waals surface area contributed by atoms with Crippen LogP contribution in [0.5, 0.6) is 5.75 Å². The van der Waals surface area contributed by atoms with Gasteiger partial charge in [-0.15, -0.1) is 0 Å². The second kappa shape index (κ2) is 10.7. The van der Waals surface area contributed by atoms with E-state index >= 15 is 0 Å². The van der Waals surface area contributed by atoms with Gasteiger partial charge in [-0.05, 0) is 73.4 Å². The van der Waals surface area contributed by atoms with Crippen LogP contribution in [0.15, 0.2) is 72.8 Å². The third kappa shape index (κ3) is 5.42. The van der Waals surface area contributed by atoms with Crippen LogP contribution in [0.1, 0.15) is 60.9 Å². The van der Waals surface area contributed by atoms with Crippen molar-refractivity contribution in [2.75, 3.05) is 6.61 Å². The standard InChI is InChI=1S/C28H30ClN3O2/c1-4-19(2)21-11-15-24(16-12-21)34-18-17-32-26-8-6-5-7-25(26)31-27(32)20(3)30-28(33)22-9-13-23(29)14-10-22/h5-16,19-20H,4,17-18H2,1-3H3,(H,30,33). The predicted molar refractivity (Wildman–Crippen MR) is 138 cm³/mol. The molecule has 0 bridgehead atoms. The number of nitrogens with one attached hydrogen (secondary N) is 1. The minimum atomic E-state index is -0.287. The molecule has 0 aliphatic heterocycles. The largest absolute Gasteiger partial charge is 0.492 e. The number of halogens is 1. The molecule has 34 heavy (non-hydrogen) atoms. The Morgan fingerprint density at radius 1 is 1.03 bits per heavy atom. The molecular weight excluding hydrogens is 446 g/mol. The maximum Gasteiger partial charge on any atom is 0.251 e. The lowest BCUT2D eigenvalue weighted by atomic mass is 9.99. The maximum atomic E-state index is 12.7. The van der Waals surface area contributed by atoms with Crippen LogP contribution in [0.25, 0.3) is 11.0 Å². The quantitative estimate of drug-likeness (QED) is 0.290. The number of rotatable bonds is 9. The average Bonchev–Trinajstić information content (AvgIpc) is 3.23. The van der Waals surface area contributed by atoms with E-state index in [9.17, 15) is 4.79 Å². The zero-order chi connectivity index (χ0) is 24.1. The normalized spacial score (nSPS) is 12.9. The SMILES string of the molecule is CCC(C)c1ccc(OCCn2c(C(C)NC(=O)c3ccc(Cl)cc3)nc3ccccc32)cc1. The molecule has 0 aliphatic carbocycles. The van der Waals surface area contributed by atoms with Gasteiger partial charge >= 0.3 is 0 Å². The Balaban J connectivity index is 1.48. The number of aromatic nitrogens is 2. The fourth-order valence-electron chi connectivity index (χ4n) is 3.99. The summed E-state index contributed by atoms with van der Waals surface area (Å²) in [4.78, 5) is 17.6. The van der Waals surface area contributed by atoms with Crippen LogP contribution in [0.2, 0.25) is 5.02 Å². The molecule has 1 heterocycles.